The van der Waals surface area contributed by atoms with Crippen molar-refractivity contribution >= 4 is 74.4 Å². The van der Waals surface area contributed by atoms with E-state index in [9.17, 15) is 19.2 Å². The highest BCUT2D eigenvalue weighted by molar-refractivity contribution is 7.81. The maximum Gasteiger partial charge on any atom is 0.307 e. The Morgan fingerprint density at radius 3 is 1.08 bits per heavy atom. The van der Waals surface area contributed by atoms with Gasteiger partial charge in [-0.05, 0) is 5.92 Å². The first-order valence-corrected chi connectivity index (χ1v) is 14.0. The number of ether oxygens (including phenoxy) is 4. The second kappa shape index (κ2) is 17.7. The van der Waals surface area contributed by atoms with Gasteiger partial charge in [0, 0.05) is 21.0 Å². The largest absolute Gasteiger partial charge is 0.465 e. The third kappa shape index (κ3) is 15.5. The second-order valence-corrected chi connectivity index (χ2v) is 13.2. The van der Waals surface area contributed by atoms with E-state index in [1.165, 1.54) is 0 Å². The van der Waals surface area contributed by atoms with Crippen molar-refractivity contribution in [2.75, 3.05) is 19.8 Å². The molecule has 210 valence electrons. The number of hydrogen-bond acceptors (Lipinski definition) is 12. The molecule has 0 aromatic heterocycles. The fraction of sp³-hybridized carbons (Fsp3) is 0.833. The van der Waals surface area contributed by atoms with E-state index in [-0.39, 0.29) is 72.4 Å². The molecule has 0 saturated heterocycles. The quantitative estimate of drug-likeness (QED) is 0.115. The summed E-state index contributed by atoms with van der Waals surface area (Å²) >= 11 is 16.9. The first kappa shape index (κ1) is 35.3. The van der Waals surface area contributed by atoms with Gasteiger partial charge < -0.3 is 18.9 Å². The second-order valence-electron chi connectivity index (χ2n) is 9.71. The molecule has 12 heteroatoms. The molecule has 0 heterocycles. The zero-order chi connectivity index (χ0) is 28.1. The molecule has 0 radical (unpaired) electrons. The maximum atomic E-state index is 12.6. The van der Waals surface area contributed by atoms with Crippen molar-refractivity contribution in [2.45, 2.75) is 94.3 Å². The number of thiol groups is 4. The van der Waals surface area contributed by atoms with Gasteiger partial charge in [-0.3, -0.25) is 19.2 Å². The van der Waals surface area contributed by atoms with Crippen molar-refractivity contribution in [1.82, 2.24) is 0 Å². The van der Waals surface area contributed by atoms with Crippen LogP contribution in [-0.4, -0.2) is 70.8 Å². The first-order valence-electron chi connectivity index (χ1n) is 12.0. The summed E-state index contributed by atoms with van der Waals surface area (Å²) in [4.78, 5) is 49.8. The van der Waals surface area contributed by atoms with E-state index >= 15 is 0 Å². The monoisotopic (exact) mass is 586 g/mol. The third-order valence-corrected chi connectivity index (χ3v) is 5.61. The van der Waals surface area contributed by atoms with Crippen molar-refractivity contribution in [3.8, 4) is 0 Å². The van der Waals surface area contributed by atoms with Crippen LogP contribution in [-0.2, 0) is 38.1 Å². The minimum Gasteiger partial charge on any atom is -0.465 e. The van der Waals surface area contributed by atoms with Gasteiger partial charge in [-0.1, -0.05) is 41.5 Å². The smallest absolute Gasteiger partial charge is 0.307 e. The van der Waals surface area contributed by atoms with Crippen LogP contribution in [0.15, 0.2) is 0 Å². The fourth-order valence-corrected chi connectivity index (χ4v) is 3.94. The standard InChI is InChI=1S/C24H42O8S4/c1-14(2)23(32-22(28)10-18(6)36)24(11-29-19(25)7-15(3)33,12-30-20(26)8-16(4)34)13-31-21(27)9-17(5)35/h14-18,23,33-36H,7-13H2,1-6H3. The lowest BCUT2D eigenvalue weighted by Gasteiger charge is -2.40. The summed E-state index contributed by atoms with van der Waals surface area (Å²) in [5.74, 6) is -2.45. The van der Waals surface area contributed by atoms with E-state index < -0.39 is 35.4 Å². The lowest BCUT2D eigenvalue weighted by Crippen LogP contribution is -2.52. The van der Waals surface area contributed by atoms with Gasteiger partial charge in [0.05, 0.1) is 25.7 Å². The van der Waals surface area contributed by atoms with Gasteiger partial charge in [0.2, 0.25) is 0 Å². The van der Waals surface area contributed by atoms with Gasteiger partial charge in [-0.25, -0.2) is 0 Å². The maximum absolute atomic E-state index is 12.6. The lowest BCUT2D eigenvalue weighted by molar-refractivity contribution is -0.188. The number of rotatable bonds is 17. The van der Waals surface area contributed by atoms with Crippen LogP contribution in [0.2, 0.25) is 0 Å². The summed E-state index contributed by atoms with van der Waals surface area (Å²) in [6.07, 6.45) is -0.767. The Hall–Kier alpha value is -0.720. The van der Waals surface area contributed by atoms with Gasteiger partial charge in [0.1, 0.15) is 31.3 Å². The van der Waals surface area contributed by atoms with Crippen molar-refractivity contribution in [3.05, 3.63) is 0 Å². The third-order valence-electron chi connectivity index (χ3n) is 4.88. The summed E-state index contributed by atoms with van der Waals surface area (Å²) in [5, 5.41) is -0.982. The molecule has 0 N–H and O–H groups in total. The minimum absolute atomic E-state index is 0.0350. The Bertz CT molecular complexity index is 646. The van der Waals surface area contributed by atoms with Crippen molar-refractivity contribution in [3.63, 3.8) is 0 Å². The Kier molecular flexibility index (Phi) is 17.4. The molecule has 8 nitrogen and oxygen atoms in total. The predicted octanol–water partition coefficient (Wildman–Crippen LogP) is 4.00. The SMILES string of the molecule is CC(S)CC(=O)OCC(COC(=O)CC(C)S)(COC(=O)CC(C)S)C(OC(=O)CC(C)S)C(C)C. The van der Waals surface area contributed by atoms with E-state index in [0.717, 1.165) is 0 Å². The number of carbonyl (C=O) groups excluding carboxylic acids is 4. The highest BCUT2D eigenvalue weighted by atomic mass is 32.1. The zero-order valence-electron chi connectivity index (χ0n) is 22.0. The van der Waals surface area contributed by atoms with Crippen LogP contribution in [0.5, 0.6) is 0 Å². The number of hydrogen-bond donors (Lipinski definition) is 4. The number of esters is 4. The van der Waals surface area contributed by atoms with Crippen molar-refractivity contribution in [1.29, 1.82) is 0 Å². The predicted molar refractivity (Wildman–Crippen MR) is 152 cm³/mol. The van der Waals surface area contributed by atoms with Crippen LogP contribution in [0.4, 0.5) is 0 Å². The van der Waals surface area contributed by atoms with Gasteiger partial charge in [0.15, 0.2) is 0 Å². The number of carbonyl (C=O) groups is 4. The summed E-state index contributed by atoms with van der Waals surface area (Å²) in [6.45, 7) is 9.67. The van der Waals surface area contributed by atoms with Crippen molar-refractivity contribution < 1.29 is 38.1 Å². The summed E-state index contributed by atoms with van der Waals surface area (Å²) in [6, 6.07) is 0. The molecule has 0 aliphatic heterocycles. The molecular weight excluding hydrogens is 545 g/mol. The highest BCUT2D eigenvalue weighted by Gasteiger charge is 2.47. The molecular formula is C24H42O8S4. The summed E-state index contributed by atoms with van der Waals surface area (Å²) in [5.41, 5.74) is -1.36. The zero-order valence-corrected chi connectivity index (χ0v) is 25.5. The molecule has 0 aromatic carbocycles. The first-order chi connectivity index (χ1) is 16.6. The molecule has 0 fully saturated rings. The molecule has 5 unspecified atom stereocenters. The van der Waals surface area contributed by atoms with Crippen LogP contribution in [0, 0.1) is 11.3 Å². The fourth-order valence-electron chi connectivity index (χ4n) is 3.34. The van der Waals surface area contributed by atoms with E-state index in [2.05, 4.69) is 50.5 Å². The summed E-state index contributed by atoms with van der Waals surface area (Å²) in [7, 11) is 0. The van der Waals surface area contributed by atoms with E-state index in [1.54, 1.807) is 27.7 Å². The molecule has 0 bridgehead atoms. The molecule has 36 heavy (non-hydrogen) atoms. The Morgan fingerprint density at radius 2 is 0.833 bits per heavy atom. The van der Waals surface area contributed by atoms with Crippen LogP contribution in [0.1, 0.15) is 67.2 Å². The van der Waals surface area contributed by atoms with Crippen LogP contribution in [0.3, 0.4) is 0 Å². The van der Waals surface area contributed by atoms with Crippen molar-refractivity contribution in [2.24, 2.45) is 11.3 Å². The van der Waals surface area contributed by atoms with E-state index in [0.29, 0.717) is 0 Å². The van der Waals surface area contributed by atoms with E-state index in [4.69, 9.17) is 18.9 Å². The van der Waals surface area contributed by atoms with Crippen LogP contribution in [0.25, 0.3) is 0 Å². The molecule has 0 rings (SSSR count). The molecule has 0 aromatic rings. The van der Waals surface area contributed by atoms with Crippen LogP contribution >= 0.6 is 50.5 Å². The topological polar surface area (TPSA) is 105 Å². The van der Waals surface area contributed by atoms with Gasteiger partial charge >= 0.3 is 23.9 Å². The van der Waals surface area contributed by atoms with E-state index in [1.807, 2.05) is 13.8 Å². The lowest BCUT2D eigenvalue weighted by atomic mass is 9.78. The van der Waals surface area contributed by atoms with Crippen LogP contribution < -0.4 is 0 Å². The molecule has 5 atom stereocenters. The Labute approximate surface area is 237 Å². The highest BCUT2D eigenvalue weighted by Crippen LogP contribution is 2.33. The average molecular weight is 587 g/mol. The molecule has 0 amide bonds. The van der Waals surface area contributed by atoms with Gasteiger partial charge in [-0.2, -0.15) is 50.5 Å². The normalized spacial score (nSPS) is 17.2. The summed E-state index contributed by atoms with van der Waals surface area (Å²) < 4.78 is 22.4. The Balaban J connectivity index is 6.24. The molecule has 0 aliphatic carbocycles. The molecule has 0 spiro atoms. The minimum atomic E-state index is -1.36. The Morgan fingerprint density at radius 1 is 0.556 bits per heavy atom. The van der Waals surface area contributed by atoms with Gasteiger partial charge in [-0.15, -0.1) is 0 Å². The average Bonchev–Trinajstić information content (AvgIpc) is 2.69. The molecule has 0 saturated carbocycles. The molecule has 0 aliphatic rings. The van der Waals surface area contributed by atoms with Gasteiger partial charge in [0.25, 0.3) is 0 Å².